The molecule has 1 rings (SSSR count). The molecule has 0 bridgehead atoms. The monoisotopic (exact) mass is 587 g/mol. The van der Waals surface area contributed by atoms with E-state index in [1.807, 2.05) is 6.07 Å². The van der Waals surface area contributed by atoms with Gasteiger partial charge in [-0.15, -0.1) is 0 Å². The Balaban J connectivity index is 2.43. The quantitative estimate of drug-likeness (QED) is 0.0784. The molecule has 0 saturated heterocycles. The maximum absolute atomic E-state index is 12.9. The molecule has 0 radical (unpaired) electrons. The van der Waals surface area contributed by atoms with Crippen LogP contribution in [0.1, 0.15) is 198 Å². The van der Waals surface area contributed by atoms with Crippen LogP contribution in [0, 0.1) is 0 Å². The fourth-order valence-electron chi connectivity index (χ4n) is 6.26. The van der Waals surface area contributed by atoms with Gasteiger partial charge in [0.2, 0.25) is 0 Å². The van der Waals surface area contributed by atoms with Crippen molar-refractivity contribution in [3.05, 3.63) is 28.3 Å². The first-order chi connectivity index (χ1) is 20.5. The zero-order valence-electron chi connectivity index (χ0n) is 28.8. The minimum absolute atomic E-state index is 0.00566. The van der Waals surface area contributed by atoms with Gasteiger partial charge in [-0.25, -0.2) is 0 Å². The number of ether oxygens (including phenoxy) is 1. The number of unbranched alkanes of at least 4 members (excludes halogenated alkanes) is 16. The summed E-state index contributed by atoms with van der Waals surface area (Å²) in [4.78, 5) is 12.9. The highest BCUT2D eigenvalue weighted by Crippen LogP contribution is 2.33. The Morgan fingerprint density at radius 1 is 0.595 bits per heavy atom. The molecular weight excluding hydrogens is 516 g/mol. The van der Waals surface area contributed by atoms with Crippen molar-refractivity contribution in [1.82, 2.24) is 0 Å². The van der Waals surface area contributed by atoms with Gasteiger partial charge in [0, 0.05) is 6.42 Å². The number of hydrogen-bond donors (Lipinski definition) is 1. The molecule has 0 aromatic heterocycles. The van der Waals surface area contributed by atoms with Crippen LogP contribution in [-0.2, 0) is 35.2 Å². The van der Waals surface area contributed by atoms with Gasteiger partial charge in [0.25, 0.3) is 0 Å². The normalized spacial score (nSPS) is 12.1. The Labute approximate surface area is 262 Å². The van der Waals surface area contributed by atoms with Crippen LogP contribution in [0.25, 0.3) is 0 Å². The summed E-state index contributed by atoms with van der Waals surface area (Å²) in [5, 5.41) is 11.0. The lowest BCUT2D eigenvalue weighted by atomic mass is 9.85. The number of benzene rings is 1. The average molecular weight is 587 g/mol. The minimum atomic E-state index is -0.0704. The predicted molar refractivity (Wildman–Crippen MR) is 183 cm³/mol. The van der Waals surface area contributed by atoms with Crippen LogP contribution in [0.15, 0.2) is 6.07 Å². The highest BCUT2D eigenvalue weighted by Gasteiger charge is 2.19. The predicted octanol–water partition coefficient (Wildman–Crippen LogP) is 12.2. The van der Waals surface area contributed by atoms with E-state index in [9.17, 15) is 9.90 Å². The number of rotatable bonds is 28. The zero-order valence-corrected chi connectivity index (χ0v) is 28.8. The third-order valence-electron chi connectivity index (χ3n) is 8.97. The van der Waals surface area contributed by atoms with Gasteiger partial charge in [0.1, 0.15) is 5.75 Å². The Bertz CT molecular complexity index is 799. The lowest BCUT2D eigenvalue weighted by Crippen LogP contribution is -2.16. The smallest absolute Gasteiger partial charge is 0.306 e. The van der Waals surface area contributed by atoms with E-state index < -0.39 is 0 Å². The summed E-state index contributed by atoms with van der Waals surface area (Å²) in [7, 11) is 0. The van der Waals surface area contributed by atoms with Gasteiger partial charge >= 0.3 is 5.97 Å². The highest BCUT2D eigenvalue weighted by atomic mass is 16.5. The molecule has 0 aliphatic carbocycles. The second-order valence-corrected chi connectivity index (χ2v) is 13.0. The summed E-state index contributed by atoms with van der Waals surface area (Å²) in [6.45, 7) is 11.0. The number of carbonyl (C=O) groups excluding carboxylic acids is 1. The molecule has 0 aliphatic heterocycles. The second-order valence-electron chi connectivity index (χ2n) is 13.0. The fraction of sp³-hybridized carbons (Fsp3) is 0.821. The van der Waals surface area contributed by atoms with E-state index in [1.54, 1.807) is 0 Å². The van der Waals surface area contributed by atoms with Gasteiger partial charge in [-0.05, 0) is 93.0 Å². The van der Waals surface area contributed by atoms with Gasteiger partial charge in [0.15, 0.2) is 0 Å². The zero-order chi connectivity index (χ0) is 30.8. The first-order valence-corrected chi connectivity index (χ1v) is 18.5. The summed E-state index contributed by atoms with van der Waals surface area (Å²) in [5.41, 5.74) is 5.00. The van der Waals surface area contributed by atoms with Gasteiger partial charge in [0.05, 0.1) is 6.10 Å². The summed E-state index contributed by atoms with van der Waals surface area (Å²) in [6, 6.07) is 2.01. The molecule has 1 unspecified atom stereocenters. The maximum atomic E-state index is 12.9. The van der Waals surface area contributed by atoms with Gasteiger partial charge < -0.3 is 9.84 Å². The summed E-state index contributed by atoms with van der Waals surface area (Å²) < 4.78 is 5.86. The summed E-state index contributed by atoms with van der Waals surface area (Å²) in [6.07, 6.45) is 30.8. The maximum Gasteiger partial charge on any atom is 0.306 e. The number of hydrogen-bond acceptors (Lipinski definition) is 3. The molecule has 0 saturated carbocycles. The van der Waals surface area contributed by atoms with E-state index >= 15 is 0 Å². The third kappa shape index (κ3) is 17.6. The molecular formula is C39H70O3. The molecule has 3 nitrogen and oxygen atoms in total. The van der Waals surface area contributed by atoms with E-state index in [2.05, 4.69) is 34.6 Å². The van der Waals surface area contributed by atoms with Crippen LogP contribution >= 0.6 is 0 Å². The number of carbonyl (C=O) groups is 1. The van der Waals surface area contributed by atoms with Crippen LogP contribution in [0.2, 0.25) is 0 Å². The Morgan fingerprint density at radius 2 is 1.05 bits per heavy atom. The van der Waals surface area contributed by atoms with Crippen LogP contribution in [0.4, 0.5) is 0 Å². The van der Waals surface area contributed by atoms with Crippen molar-refractivity contribution in [3.63, 3.8) is 0 Å². The van der Waals surface area contributed by atoms with Crippen molar-refractivity contribution in [3.8, 4) is 5.75 Å². The molecule has 3 heteroatoms. The van der Waals surface area contributed by atoms with Crippen LogP contribution in [0.3, 0.4) is 0 Å². The number of esters is 1. The average Bonchev–Trinajstić information content (AvgIpc) is 2.97. The van der Waals surface area contributed by atoms with E-state index in [0.29, 0.717) is 12.2 Å². The van der Waals surface area contributed by atoms with Crippen molar-refractivity contribution in [2.45, 2.75) is 208 Å². The molecule has 1 N–H and O–H groups in total. The first-order valence-electron chi connectivity index (χ1n) is 18.5. The van der Waals surface area contributed by atoms with Gasteiger partial charge in [-0.3, -0.25) is 4.79 Å². The molecule has 42 heavy (non-hydrogen) atoms. The standard InChI is InChI=1S/C39H70O3/c1-6-10-14-15-16-17-18-19-20-21-22-23-24-25-26-33(5)42-39(41)31-30-35-34(27-11-7-2)32-38(40)37(29-13-9-4)36(35)28-12-8-3/h32-33,40H,6-31H2,1-5H3. The molecule has 0 aliphatic rings. The van der Waals surface area contributed by atoms with Crippen LogP contribution in [0.5, 0.6) is 5.75 Å². The molecule has 0 spiro atoms. The molecule has 1 atom stereocenters. The number of aromatic hydroxyl groups is 1. The van der Waals surface area contributed by atoms with E-state index in [1.165, 1.54) is 100 Å². The van der Waals surface area contributed by atoms with Crippen molar-refractivity contribution in [2.75, 3.05) is 0 Å². The highest BCUT2D eigenvalue weighted by molar-refractivity contribution is 5.70. The Hall–Kier alpha value is -1.51. The Kier molecular flexibility index (Phi) is 23.8. The topological polar surface area (TPSA) is 46.5 Å². The van der Waals surface area contributed by atoms with Crippen LogP contribution < -0.4 is 0 Å². The van der Waals surface area contributed by atoms with Crippen molar-refractivity contribution in [2.24, 2.45) is 0 Å². The molecule has 1 aromatic rings. The molecule has 0 amide bonds. The largest absolute Gasteiger partial charge is 0.508 e. The summed E-state index contributed by atoms with van der Waals surface area (Å²) >= 11 is 0. The number of phenolic OH excluding ortho intramolecular Hbond substituents is 1. The van der Waals surface area contributed by atoms with Gasteiger partial charge in [-0.2, -0.15) is 0 Å². The Morgan fingerprint density at radius 3 is 1.57 bits per heavy atom. The lowest BCUT2D eigenvalue weighted by Gasteiger charge is -2.21. The molecule has 0 heterocycles. The van der Waals surface area contributed by atoms with Crippen molar-refractivity contribution < 1.29 is 14.6 Å². The first kappa shape index (κ1) is 38.5. The van der Waals surface area contributed by atoms with Crippen molar-refractivity contribution >= 4 is 5.97 Å². The molecule has 244 valence electrons. The number of phenols is 1. The van der Waals surface area contributed by atoms with E-state index in [4.69, 9.17) is 4.74 Å². The number of aryl methyl sites for hydroxylation is 1. The summed E-state index contributed by atoms with van der Waals surface area (Å²) in [5.74, 6) is 0.396. The van der Waals surface area contributed by atoms with Crippen molar-refractivity contribution in [1.29, 1.82) is 0 Å². The fourth-order valence-corrected chi connectivity index (χ4v) is 6.26. The minimum Gasteiger partial charge on any atom is -0.508 e. The molecule has 1 aromatic carbocycles. The van der Waals surface area contributed by atoms with E-state index in [0.717, 1.165) is 82.6 Å². The van der Waals surface area contributed by atoms with Crippen LogP contribution in [-0.4, -0.2) is 17.2 Å². The van der Waals surface area contributed by atoms with E-state index in [-0.39, 0.29) is 12.1 Å². The SMILES string of the molecule is CCCCCCCCCCCCCCCCC(C)OC(=O)CCc1c(CCCC)cc(O)c(CCCC)c1CCCC. The molecule has 0 fully saturated rings. The lowest BCUT2D eigenvalue weighted by molar-refractivity contribution is -0.148. The van der Waals surface area contributed by atoms with Gasteiger partial charge in [-0.1, -0.05) is 130 Å². The third-order valence-corrected chi connectivity index (χ3v) is 8.97. The second kappa shape index (κ2) is 25.9.